The zero-order valence-corrected chi connectivity index (χ0v) is 29.9. The third-order valence-corrected chi connectivity index (χ3v) is 10.4. The lowest BCUT2D eigenvalue weighted by Crippen LogP contribution is -2.41. The van der Waals surface area contributed by atoms with Gasteiger partial charge in [0, 0.05) is 24.8 Å². The molecule has 13 heteroatoms. The minimum atomic E-state index is -0.977. The molecule has 0 radical (unpaired) electrons. The first-order valence-electron chi connectivity index (χ1n) is 17.3. The van der Waals surface area contributed by atoms with E-state index in [1.807, 2.05) is 115 Å². The highest BCUT2D eigenvalue weighted by molar-refractivity contribution is 7.99. The maximum atomic E-state index is 13.1. The largest absolute Gasteiger partial charge is 0.445 e. The number of benzene rings is 4. The topological polar surface area (TPSA) is 145 Å². The number of nitrogens with one attached hydrogen (secondary N) is 1. The van der Waals surface area contributed by atoms with Crippen molar-refractivity contribution in [2.24, 2.45) is 7.05 Å². The van der Waals surface area contributed by atoms with E-state index in [-0.39, 0.29) is 44.3 Å². The highest BCUT2D eigenvalue weighted by Gasteiger charge is 2.40. The average molecular weight is 734 g/mol. The molecule has 2 saturated heterocycles. The number of rotatable bonds is 12. The van der Waals surface area contributed by atoms with Crippen molar-refractivity contribution in [1.82, 2.24) is 25.0 Å². The van der Waals surface area contributed by atoms with Crippen LogP contribution in [0.1, 0.15) is 53.1 Å². The first-order valence-corrected chi connectivity index (χ1v) is 18.3. The Bertz CT molecular complexity index is 2040. The van der Waals surface area contributed by atoms with Crippen LogP contribution in [0.2, 0.25) is 0 Å². The molecule has 53 heavy (non-hydrogen) atoms. The van der Waals surface area contributed by atoms with E-state index in [0.29, 0.717) is 12.2 Å². The standard InChI is InChI=1S/C40H39N5O7S/c1-44-25-41-43-39(44)53-24-33-19-35(30-12-10-26(22-46)11-13-30)52-38(51-33)31-16-14-29(15-17-31)32-9-5-8-28(18-32)21-45-36(47)20-34(37(45)48)42-40(49)50-23-27-6-3-2-4-7-27/h2-18,25,33-35,38,46H,19-24H2,1H3,(H,42,49)/t33-,34?,35+,38+/m1/s1. The van der Waals surface area contributed by atoms with Crippen molar-refractivity contribution in [1.29, 1.82) is 0 Å². The number of nitrogens with zero attached hydrogens (tertiary/aromatic N) is 4. The second-order valence-corrected chi connectivity index (χ2v) is 14.0. The van der Waals surface area contributed by atoms with Crippen molar-refractivity contribution in [3.63, 3.8) is 0 Å². The van der Waals surface area contributed by atoms with Crippen LogP contribution >= 0.6 is 11.8 Å². The molecule has 12 nitrogen and oxygen atoms in total. The SMILES string of the molecule is Cn1cnnc1SC[C@H]1C[C@@H](c2ccc(CO)cc2)O[C@@H](c2ccc(-c3cccc(CN4C(=O)CC(NC(=O)OCc5ccccc5)C4=O)c3)cc2)O1. The second kappa shape index (κ2) is 16.6. The Kier molecular flexibility index (Phi) is 11.3. The van der Waals surface area contributed by atoms with E-state index in [0.717, 1.165) is 44.1 Å². The zero-order valence-electron chi connectivity index (χ0n) is 29.0. The Morgan fingerprint density at radius 3 is 2.40 bits per heavy atom. The molecule has 2 aliphatic heterocycles. The molecule has 1 unspecified atom stereocenters. The summed E-state index contributed by atoms with van der Waals surface area (Å²) < 4.78 is 20.1. The summed E-state index contributed by atoms with van der Waals surface area (Å²) in [7, 11) is 1.91. The van der Waals surface area contributed by atoms with Crippen LogP contribution in [0.4, 0.5) is 4.79 Å². The lowest BCUT2D eigenvalue weighted by molar-refractivity contribution is -0.245. The van der Waals surface area contributed by atoms with Crippen LogP contribution in [0.3, 0.4) is 0 Å². The molecule has 4 aromatic carbocycles. The maximum Gasteiger partial charge on any atom is 0.408 e. The second-order valence-electron chi connectivity index (χ2n) is 13.0. The van der Waals surface area contributed by atoms with Crippen LogP contribution in [0.5, 0.6) is 0 Å². The number of amides is 3. The minimum absolute atomic E-state index is 0.0237. The number of thioether (sulfide) groups is 1. The number of ether oxygens (including phenoxy) is 3. The molecule has 7 rings (SSSR count). The third kappa shape index (κ3) is 8.83. The number of aromatic nitrogens is 3. The van der Waals surface area contributed by atoms with Crippen molar-refractivity contribution >= 4 is 29.7 Å². The Labute approximate surface area is 311 Å². The van der Waals surface area contributed by atoms with E-state index in [4.69, 9.17) is 14.2 Å². The van der Waals surface area contributed by atoms with E-state index >= 15 is 0 Å². The van der Waals surface area contributed by atoms with Gasteiger partial charge in [0.2, 0.25) is 5.91 Å². The molecule has 3 heterocycles. The highest BCUT2D eigenvalue weighted by Crippen LogP contribution is 2.40. The first kappa shape index (κ1) is 36.0. The van der Waals surface area contributed by atoms with E-state index in [1.165, 1.54) is 4.90 Å². The Hall–Kier alpha value is -5.34. The molecule has 0 spiro atoms. The van der Waals surface area contributed by atoms with Crippen LogP contribution in [-0.2, 0) is 50.6 Å². The van der Waals surface area contributed by atoms with E-state index < -0.39 is 24.3 Å². The number of carbonyl (C=O) groups is 3. The van der Waals surface area contributed by atoms with Gasteiger partial charge in [-0.25, -0.2) is 4.79 Å². The van der Waals surface area contributed by atoms with Gasteiger partial charge in [-0.15, -0.1) is 10.2 Å². The number of carbonyl (C=O) groups excluding carboxylic acids is 3. The summed E-state index contributed by atoms with van der Waals surface area (Å²) in [6.45, 7) is 0.119. The molecule has 3 amide bonds. The fourth-order valence-electron chi connectivity index (χ4n) is 6.33. The molecule has 272 valence electrons. The van der Waals surface area contributed by atoms with Crippen LogP contribution in [0.25, 0.3) is 11.1 Å². The molecular formula is C40H39N5O7S. The molecular weight excluding hydrogens is 695 g/mol. The maximum absolute atomic E-state index is 13.1. The molecule has 0 bridgehead atoms. The normalized spacial score (nSPS) is 20.1. The smallest absolute Gasteiger partial charge is 0.408 e. The number of aryl methyl sites for hydroxylation is 1. The number of hydrogen-bond acceptors (Lipinski definition) is 10. The van der Waals surface area contributed by atoms with Crippen LogP contribution in [-0.4, -0.2) is 60.6 Å². The number of hydrogen-bond donors (Lipinski definition) is 2. The Balaban J connectivity index is 1.000. The monoisotopic (exact) mass is 733 g/mol. The molecule has 2 aliphatic rings. The quantitative estimate of drug-likeness (QED) is 0.118. The molecule has 4 atom stereocenters. The van der Waals surface area contributed by atoms with E-state index in [2.05, 4.69) is 15.5 Å². The number of aliphatic hydroxyl groups excluding tert-OH is 1. The van der Waals surface area contributed by atoms with Gasteiger partial charge in [0.25, 0.3) is 5.91 Å². The van der Waals surface area contributed by atoms with Crippen LogP contribution < -0.4 is 5.32 Å². The minimum Gasteiger partial charge on any atom is -0.445 e. The van der Waals surface area contributed by atoms with Crippen LogP contribution in [0, 0.1) is 0 Å². The molecule has 2 N–H and O–H groups in total. The van der Waals surface area contributed by atoms with Crippen molar-refractivity contribution in [3.05, 3.63) is 137 Å². The summed E-state index contributed by atoms with van der Waals surface area (Å²) in [6, 6.07) is 31.7. The fourth-order valence-corrected chi connectivity index (χ4v) is 7.23. The Morgan fingerprint density at radius 2 is 1.66 bits per heavy atom. The van der Waals surface area contributed by atoms with Gasteiger partial charge < -0.3 is 29.2 Å². The highest BCUT2D eigenvalue weighted by atomic mass is 32.2. The van der Waals surface area contributed by atoms with Crippen molar-refractivity contribution < 1.29 is 33.7 Å². The van der Waals surface area contributed by atoms with Gasteiger partial charge in [-0.3, -0.25) is 14.5 Å². The van der Waals surface area contributed by atoms with Gasteiger partial charge in [-0.05, 0) is 39.4 Å². The summed E-state index contributed by atoms with van der Waals surface area (Å²) in [5.74, 6) is -0.161. The van der Waals surface area contributed by atoms with Gasteiger partial charge in [-0.2, -0.15) is 0 Å². The summed E-state index contributed by atoms with van der Waals surface area (Å²) in [5, 5.41) is 21.0. The summed E-state index contributed by atoms with van der Waals surface area (Å²) in [5.41, 5.74) is 6.16. The van der Waals surface area contributed by atoms with Crippen molar-refractivity contribution in [3.8, 4) is 11.1 Å². The molecule has 0 aliphatic carbocycles. The number of aliphatic hydroxyl groups is 1. The lowest BCUT2D eigenvalue weighted by Gasteiger charge is -2.36. The third-order valence-electron chi connectivity index (χ3n) is 9.22. The molecule has 1 aromatic heterocycles. The average Bonchev–Trinajstić information content (AvgIpc) is 3.73. The van der Waals surface area contributed by atoms with Crippen molar-refractivity contribution in [2.45, 2.75) is 62.3 Å². The van der Waals surface area contributed by atoms with Gasteiger partial charge in [0.15, 0.2) is 11.4 Å². The van der Waals surface area contributed by atoms with E-state index in [9.17, 15) is 19.5 Å². The number of imide groups is 1. The number of alkyl carbamates (subject to hydrolysis) is 1. The predicted molar refractivity (Wildman–Crippen MR) is 196 cm³/mol. The summed E-state index contributed by atoms with van der Waals surface area (Å²) in [4.78, 5) is 39.6. The van der Waals surface area contributed by atoms with Crippen LogP contribution in [0.15, 0.2) is 115 Å². The van der Waals surface area contributed by atoms with Gasteiger partial charge in [-0.1, -0.05) is 109 Å². The van der Waals surface area contributed by atoms with Gasteiger partial charge >= 0.3 is 6.09 Å². The van der Waals surface area contributed by atoms with E-state index in [1.54, 1.807) is 18.1 Å². The zero-order chi connectivity index (χ0) is 36.7. The predicted octanol–water partition coefficient (Wildman–Crippen LogP) is 5.87. The van der Waals surface area contributed by atoms with Crippen molar-refractivity contribution in [2.75, 3.05) is 5.75 Å². The van der Waals surface area contributed by atoms with Gasteiger partial charge in [0.05, 0.1) is 31.8 Å². The Morgan fingerprint density at radius 1 is 0.906 bits per heavy atom. The fraction of sp³-hybridized carbons (Fsp3) is 0.275. The molecule has 0 saturated carbocycles. The number of likely N-dealkylation sites (tertiary alicyclic amines) is 1. The summed E-state index contributed by atoms with van der Waals surface area (Å²) in [6.07, 6.45) is 0.503. The lowest BCUT2D eigenvalue weighted by atomic mass is 9.99. The summed E-state index contributed by atoms with van der Waals surface area (Å²) >= 11 is 1.58. The first-order chi connectivity index (χ1) is 25.8. The molecule has 2 fully saturated rings. The molecule has 5 aromatic rings. The van der Waals surface area contributed by atoms with Gasteiger partial charge in [0.1, 0.15) is 19.0 Å².